The minimum Gasteiger partial charge on any atom is -0.365 e. The van der Waals surface area contributed by atoms with Crippen LogP contribution in [-0.4, -0.2) is 9.97 Å². The number of anilines is 1. The van der Waals surface area contributed by atoms with Gasteiger partial charge in [-0.25, -0.2) is 9.97 Å². The monoisotopic (exact) mass is 325 g/mol. The summed E-state index contributed by atoms with van der Waals surface area (Å²) in [6.45, 7) is 6.99. The number of hydrogen-bond acceptors (Lipinski definition) is 4. The zero-order chi connectivity index (χ0) is 13.1. The van der Waals surface area contributed by atoms with E-state index in [1.807, 2.05) is 13.0 Å². The average Bonchev–Trinajstić information content (AvgIpc) is 2.71. The molecule has 18 heavy (non-hydrogen) atoms. The van der Waals surface area contributed by atoms with E-state index in [1.165, 1.54) is 4.88 Å². The maximum absolute atomic E-state index is 4.53. The third-order valence-corrected chi connectivity index (χ3v) is 4.44. The first-order chi connectivity index (χ1) is 8.56. The summed E-state index contributed by atoms with van der Waals surface area (Å²) < 4.78 is 1.15. The van der Waals surface area contributed by atoms with Gasteiger partial charge in [0.2, 0.25) is 0 Å². The number of aryl methyl sites for hydroxylation is 1. The normalized spacial score (nSPS) is 10.9. The molecule has 96 valence electrons. The maximum Gasteiger partial charge on any atom is 0.133 e. The highest BCUT2D eigenvalue weighted by Crippen LogP contribution is 2.23. The molecule has 0 aliphatic rings. The van der Waals surface area contributed by atoms with Gasteiger partial charge in [0.15, 0.2) is 0 Å². The Morgan fingerprint density at radius 1 is 1.39 bits per heavy atom. The summed E-state index contributed by atoms with van der Waals surface area (Å²) in [5, 5.41) is 5.43. The molecule has 0 unspecified atom stereocenters. The maximum atomic E-state index is 4.53. The fourth-order valence-electron chi connectivity index (χ4n) is 1.56. The van der Waals surface area contributed by atoms with Crippen LogP contribution in [0.4, 0.5) is 5.82 Å². The van der Waals surface area contributed by atoms with Gasteiger partial charge in [-0.15, -0.1) is 11.3 Å². The Bertz CT molecular complexity index is 537. The van der Waals surface area contributed by atoms with E-state index in [1.54, 1.807) is 11.3 Å². The van der Waals surface area contributed by atoms with E-state index in [4.69, 9.17) is 0 Å². The standard InChI is InChI=1S/C13H16BrN3S/c1-8(2)13-16-9(3)6-12(17-13)15-7-11-10(14)4-5-18-11/h4-6,8H,7H2,1-3H3,(H,15,16,17). The summed E-state index contributed by atoms with van der Waals surface area (Å²) in [5.74, 6) is 2.13. The van der Waals surface area contributed by atoms with Crippen molar-refractivity contribution in [1.82, 2.24) is 9.97 Å². The number of nitrogens with one attached hydrogen (secondary N) is 1. The molecule has 0 saturated heterocycles. The number of nitrogens with zero attached hydrogens (tertiary/aromatic N) is 2. The summed E-state index contributed by atoms with van der Waals surface area (Å²) in [6.07, 6.45) is 0. The Labute approximate surface area is 120 Å². The van der Waals surface area contributed by atoms with Crippen LogP contribution >= 0.6 is 27.3 Å². The van der Waals surface area contributed by atoms with E-state index >= 15 is 0 Å². The van der Waals surface area contributed by atoms with Crippen molar-refractivity contribution in [3.8, 4) is 0 Å². The van der Waals surface area contributed by atoms with Gasteiger partial charge in [-0.3, -0.25) is 0 Å². The van der Waals surface area contributed by atoms with Gasteiger partial charge < -0.3 is 5.32 Å². The quantitative estimate of drug-likeness (QED) is 0.908. The van der Waals surface area contributed by atoms with Crippen LogP contribution in [0.5, 0.6) is 0 Å². The van der Waals surface area contributed by atoms with Gasteiger partial charge in [-0.2, -0.15) is 0 Å². The van der Waals surface area contributed by atoms with Crippen molar-refractivity contribution in [2.75, 3.05) is 5.32 Å². The van der Waals surface area contributed by atoms with Crippen LogP contribution in [0.2, 0.25) is 0 Å². The van der Waals surface area contributed by atoms with Gasteiger partial charge in [-0.05, 0) is 34.3 Å². The van der Waals surface area contributed by atoms with Crippen LogP contribution in [0.25, 0.3) is 0 Å². The van der Waals surface area contributed by atoms with E-state index < -0.39 is 0 Å². The molecule has 0 saturated carbocycles. The van der Waals surface area contributed by atoms with Crippen molar-refractivity contribution in [3.63, 3.8) is 0 Å². The first-order valence-corrected chi connectivity index (χ1v) is 7.55. The molecule has 0 aliphatic heterocycles. The molecule has 2 aromatic rings. The lowest BCUT2D eigenvalue weighted by Gasteiger charge is -2.09. The molecule has 0 aliphatic carbocycles. The largest absolute Gasteiger partial charge is 0.365 e. The summed E-state index contributed by atoms with van der Waals surface area (Å²) in [4.78, 5) is 10.2. The molecule has 5 heteroatoms. The van der Waals surface area contributed by atoms with Crippen LogP contribution < -0.4 is 5.32 Å². The zero-order valence-electron chi connectivity index (χ0n) is 10.7. The Hall–Kier alpha value is -0.940. The van der Waals surface area contributed by atoms with Crippen LogP contribution in [0.1, 0.15) is 36.2 Å². The van der Waals surface area contributed by atoms with Crippen molar-refractivity contribution in [3.05, 3.63) is 38.4 Å². The Morgan fingerprint density at radius 3 is 2.78 bits per heavy atom. The zero-order valence-corrected chi connectivity index (χ0v) is 13.1. The third-order valence-electron chi connectivity index (χ3n) is 2.51. The number of rotatable bonds is 4. The fraction of sp³-hybridized carbons (Fsp3) is 0.385. The van der Waals surface area contributed by atoms with Gasteiger partial charge in [0.05, 0.1) is 6.54 Å². The molecule has 0 spiro atoms. The second-order valence-corrected chi connectivity index (χ2v) is 6.31. The second-order valence-electron chi connectivity index (χ2n) is 4.45. The lowest BCUT2D eigenvalue weighted by Crippen LogP contribution is -2.06. The number of hydrogen-bond donors (Lipinski definition) is 1. The van der Waals surface area contributed by atoms with Gasteiger partial charge in [0.25, 0.3) is 0 Å². The minimum absolute atomic E-state index is 0.346. The van der Waals surface area contributed by atoms with Crippen molar-refractivity contribution in [1.29, 1.82) is 0 Å². The van der Waals surface area contributed by atoms with E-state index in [9.17, 15) is 0 Å². The highest BCUT2D eigenvalue weighted by atomic mass is 79.9. The van der Waals surface area contributed by atoms with Gasteiger partial charge in [0, 0.05) is 27.0 Å². The summed E-state index contributed by atoms with van der Waals surface area (Å²) >= 11 is 5.26. The average molecular weight is 326 g/mol. The van der Waals surface area contributed by atoms with Crippen LogP contribution in [0.3, 0.4) is 0 Å². The molecular formula is C13H16BrN3S. The lowest BCUT2D eigenvalue weighted by atomic mass is 10.2. The van der Waals surface area contributed by atoms with Crippen LogP contribution in [0, 0.1) is 6.92 Å². The SMILES string of the molecule is Cc1cc(NCc2sccc2Br)nc(C(C)C)n1. The van der Waals surface area contributed by atoms with Crippen molar-refractivity contribution in [2.45, 2.75) is 33.2 Å². The first kappa shape index (κ1) is 13.5. The molecule has 2 rings (SSSR count). The predicted octanol–water partition coefficient (Wildman–Crippen LogP) is 4.34. The number of aromatic nitrogens is 2. The molecule has 1 N–H and O–H groups in total. The third kappa shape index (κ3) is 3.29. The number of halogens is 1. The summed E-state index contributed by atoms with van der Waals surface area (Å²) in [5.41, 5.74) is 1.00. The Morgan fingerprint density at radius 2 is 2.17 bits per heavy atom. The first-order valence-electron chi connectivity index (χ1n) is 5.87. The van der Waals surface area contributed by atoms with Crippen molar-refractivity contribution >= 4 is 33.1 Å². The number of thiophene rings is 1. The molecule has 3 nitrogen and oxygen atoms in total. The molecule has 0 atom stereocenters. The van der Waals surface area contributed by atoms with Crippen LogP contribution in [-0.2, 0) is 6.54 Å². The molecule has 2 aromatic heterocycles. The predicted molar refractivity (Wildman–Crippen MR) is 80.2 cm³/mol. The Balaban J connectivity index is 2.12. The van der Waals surface area contributed by atoms with Crippen molar-refractivity contribution in [2.24, 2.45) is 0 Å². The molecule has 0 bridgehead atoms. The second kappa shape index (κ2) is 5.80. The molecular weight excluding hydrogens is 310 g/mol. The lowest BCUT2D eigenvalue weighted by molar-refractivity contribution is 0.767. The summed E-state index contributed by atoms with van der Waals surface area (Å²) in [6, 6.07) is 4.04. The summed E-state index contributed by atoms with van der Waals surface area (Å²) in [7, 11) is 0. The molecule has 2 heterocycles. The van der Waals surface area contributed by atoms with E-state index in [-0.39, 0.29) is 0 Å². The fourth-order valence-corrected chi connectivity index (χ4v) is 2.99. The van der Waals surface area contributed by atoms with Crippen molar-refractivity contribution < 1.29 is 0 Å². The van der Waals surface area contributed by atoms with Gasteiger partial charge in [0.1, 0.15) is 11.6 Å². The molecule has 0 amide bonds. The highest BCUT2D eigenvalue weighted by Gasteiger charge is 2.07. The highest BCUT2D eigenvalue weighted by molar-refractivity contribution is 9.10. The van der Waals surface area contributed by atoms with E-state index in [2.05, 4.69) is 56.5 Å². The van der Waals surface area contributed by atoms with Crippen LogP contribution in [0.15, 0.2) is 22.0 Å². The van der Waals surface area contributed by atoms with E-state index in [0.717, 1.165) is 28.4 Å². The Kier molecular flexibility index (Phi) is 4.35. The topological polar surface area (TPSA) is 37.8 Å². The molecule has 0 radical (unpaired) electrons. The van der Waals surface area contributed by atoms with Gasteiger partial charge in [-0.1, -0.05) is 13.8 Å². The molecule has 0 fully saturated rings. The minimum atomic E-state index is 0.346. The smallest absolute Gasteiger partial charge is 0.133 e. The van der Waals surface area contributed by atoms with E-state index in [0.29, 0.717) is 5.92 Å². The molecule has 0 aromatic carbocycles. The van der Waals surface area contributed by atoms with Gasteiger partial charge >= 0.3 is 0 Å².